The van der Waals surface area contributed by atoms with Crippen molar-refractivity contribution in [3.8, 4) is 0 Å². The standard InChI is InChI=1S/C19H24N2O2/c1-13(2)18-17(14(3)20-23-18)19(22)21-11-9-16(10-12-21)15-7-5-4-6-8-15/h4-8,13,16H,9-12H2,1-3H3. The molecule has 0 bridgehead atoms. The van der Waals surface area contributed by atoms with E-state index in [2.05, 4.69) is 29.4 Å². The largest absolute Gasteiger partial charge is 0.360 e. The van der Waals surface area contributed by atoms with Gasteiger partial charge in [0.2, 0.25) is 0 Å². The summed E-state index contributed by atoms with van der Waals surface area (Å²) in [5, 5.41) is 3.99. The maximum absolute atomic E-state index is 12.9. The molecule has 2 heterocycles. The summed E-state index contributed by atoms with van der Waals surface area (Å²) >= 11 is 0. The molecule has 1 aliphatic rings. The van der Waals surface area contributed by atoms with Gasteiger partial charge in [0.1, 0.15) is 5.56 Å². The SMILES string of the molecule is Cc1noc(C(C)C)c1C(=O)N1CCC(c2ccccc2)CC1. The van der Waals surface area contributed by atoms with E-state index in [1.165, 1.54) is 5.56 Å². The molecule has 0 aliphatic carbocycles. The molecule has 122 valence electrons. The summed E-state index contributed by atoms with van der Waals surface area (Å²) in [6.07, 6.45) is 2.02. The molecule has 0 N–H and O–H groups in total. The minimum absolute atomic E-state index is 0.0685. The number of hydrogen-bond donors (Lipinski definition) is 0. The molecule has 2 aromatic rings. The molecule has 0 unspecified atom stereocenters. The van der Waals surface area contributed by atoms with E-state index in [1.54, 1.807) is 0 Å². The van der Waals surface area contributed by atoms with E-state index in [1.807, 2.05) is 31.7 Å². The van der Waals surface area contributed by atoms with E-state index in [4.69, 9.17) is 4.52 Å². The molecule has 1 aromatic heterocycles. The van der Waals surface area contributed by atoms with E-state index < -0.39 is 0 Å². The Morgan fingerprint density at radius 1 is 1.22 bits per heavy atom. The number of aryl methyl sites for hydroxylation is 1. The Morgan fingerprint density at radius 3 is 2.48 bits per heavy atom. The molecule has 1 amide bonds. The maximum Gasteiger partial charge on any atom is 0.259 e. The fourth-order valence-corrected chi connectivity index (χ4v) is 3.34. The lowest BCUT2D eigenvalue weighted by Crippen LogP contribution is -2.38. The molecule has 1 aromatic carbocycles. The van der Waals surface area contributed by atoms with Crippen molar-refractivity contribution in [1.29, 1.82) is 0 Å². The Kier molecular flexibility index (Phi) is 4.51. The highest BCUT2D eigenvalue weighted by molar-refractivity contribution is 5.96. The number of carbonyl (C=O) groups excluding carboxylic acids is 1. The van der Waals surface area contributed by atoms with Gasteiger partial charge in [0.15, 0.2) is 5.76 Å². The van der Waals surface area contributed by atoms with Gasteiger partial charge in [-0.15, -0.1) is 0 Å². The van der Waals surface area contributed by atoms with Crippen LogP contribution in [0.5, 0.6) is 0 Å². The molecule has 3 rings (SSSR count). The summed E-state index contributed by atoms with van der Waals surface area (Å²) in [5.74, 6) is 1.49. The highest BCUT2D eigenvalue weighted by atomic mass is 16.5. The van der Waals surface area contributed by atoms with Crippen LogP contribution < -0.4 is 0 Å². The van der Waals surface area contributed by atoms with Crippen LogP contribution in [0.15, 0.2) is 34.9 Å². The van der Waals surface area contributed by atoms with Gasteiger partial charge in [0.25, 0.3) is 5.91 Å². The summed E-state index contributed by atoms with van der Waals surface area (Å²) < 4.78 is 5.36. The molecular formula is C19H24N2O2. The average molecular weight is 312 g/mol. The van der Waals surface area contributed by atoms with E-state index in [0.717, 1.165) is 25.9 Å². The lowest BCUT2D eigenvalue weighted by Gasteiger charge is -2.32. The fraction of sp³-hybridized carbons (Fsp3) is 0.474. The second-order valence-electron chi connectivity index (χ2n) is 6.64. The highest BCUT2D eigenvalue weighted by Crippen LogP contribution is 2.30. The van der Waals surface area contributed by atoms with Gasteiger partial charge in [0, 0.05) is 19.0 Å². The van der Waals surface area contributed by atoms with Gasteiger partial charge in [-0.25, -0.2) is 0 Å². The normalized spacial score (nSPS) is 16.1. The Balaban J connectivity index is 1.71. The third-order valence-electron chi connectivity index (χ3n) is 4.68. The second-order valence-corrected chi connectivity index (χ2v) is 6.64. The van der Waals surface area contributed by atoms with E-state index in [9.17, 15) is 4.79 Å². The predicted molar refractivity (Wildman–Crippen MR) is 89.6 cm³/mol. The number of likely N-dealkylation sites (tertiary alicyclic amines) is 1. The molecule has 0 spiro atoms. The quantitative estimate of drug-likeness (QED) is 0.856. The van der Waals surface area contributed by atoms with Crippen molar-refractivity contribution in [3.63, 3.8) is 0 Å². The van der Waals surface area contributed by atoms with Gasteiger partial charge in [-0.2, -0.15) is 0 Å². The van der Waals surface area contributed by atoms with E-state index in [-0.39, 0.29) is 11.8 Å². The lowest BCUT2D eigenvalue weighted by atomic mass is 9.89. The van der Waals surface area contributed by atoms with Gasteiger partial charge >= 0.3 is 0 Å². The number of nitrogens with zero attached hydrogens (tertiary/aromatic N) is 2. The molecule has 0 saturated carbocycles. The lowest BCUT2D eigenvalue weighted by molar-refractivity contribution is 0.0709. The van der Waals surface area contributed by atoms with Gasteiger partial charge in [-0.05, 0) is 31.2 Å². The zero-order valence-corrected chi connectivity index (χ0v) is 14.1. The Morgan fingerprint density at radius 2 is 1.87 bits per heavy atom. The maximum atomic E-state index is 12.9. The van der Waals surface area contributed by atoms with Crippen molar-refractivity contribution in [1.82, 2.24) is 10.1 Å². The van der Waals surface area contributed by atoms with Gasteiger partial charge in [0.05, 0.1) is 5.69 Å². The average Bonchev–Trinajstić information content (AvgIpc) is 2.97. The molecular weight excluding hydrogens is 288 g/mol. The summed E-state index contributed by atoms with van der Waals surface area (Å²) in [7, 11) is 0. The number of carbonyl (C=O) groups is 1. The van der Waals surface area contributed by atoms with Crippen molar-refractivity contribution in [2.24, 2.45) is 0 Å². The van der Waals surface area contributed by atoms with Crippen LogP contribution in [0.2, 0.25) is 0 Å². The van der Waals surface area contributed by atoms with Crippen molar-refractivity contribution in [2.45, 2.75) is 45.4 Å². The summed E-state index contributed by atoms with van der Waals surface area (Å²) in [6, 6.07) is 10.6. The number of amides is 1. The molecule has 1 fully saturated rings. The van der Waals surface area contributed by atoms with Crippen LogP contribution in [0.4, 0.5) is 0 Å². The van der Waals surface area contributed by atoms with Crippen LogP contribution in [0.3, 0.4) is 0 Å². The van der Waals surface area contributed by atoms with Crippen LogP contribution in [-0.2, 0) is 0 Å². The first kappa shape index (κ1) is 15.8. The van der Waals surface area contributed by atoms with Gasteiger partial charge in [-0.1, -0.05) is 49.3 Å². The minimum Gasteiger partial charge on any atom is -0.360 e. The second kappa shape index (κ2) is 6.57. The van der Waals surface area contributed by atoms with Crippen LogP contribution in [0.1, 0.15) is 65.9 Å². The summed E-state index contributed by atoms with van der Waals surface area (Å²) in [6.45, 7) is 7.48. The first-order valence-corrected chi connectivity index (χ1v) is 8.38. The van der Waals surface area contributed by atoms with Crippen LogP contribution in [0, 0.1) is 6.92 Å². The molecule has 0 radical (unpaired) electrons. The number of aromatic nitrogens is 1. The number of rotatable bonds is 3. The highest BCUT2D eigenvalue weighted by Gasteiger charge is 2.29. The first-order chi connectivity index (χ1) is 11.1. The fourth-order valence-electron chi connectivity index (χ4n) is 3.34. The van der Waals surface area contributed by atoms with Crippen molar-refractivity contribution in [2.75, 3.05) is 13.1 Å². The third kappa shape index (κ3) is 3.16. The smallest absolute Gasteiger partial charge is 0.259 e. The van der Waals surface area contributed by atoms with Crippen molar-refractivity contribution in [3.05, 3.63) is 52.9 Å². The molecule has 0 atom stereocenters. The summed E-state index contributed by atoms with van der Waals surface area (Å²) in [4.78, 5) is 14.8. The molecule has 4 heteroatoms. The number of hydrogen-bond acceptors (Lipinski definition) is 3. The number of benzene rings is 1. The predicted octanol–water partition coefficient (Wildman–Crippen LogP) is 4.13. The first-order valence-electron chi connectivity index (χ1n) is 8.38. The van der Waals surface area contributed by atoms with E-state index >= 15 is 0 Å². The Bertz CT molecular complexity index is 668. The van der Waals surface area contributed by atoms with Crippen LogP contribution in [-0.4, -0.2) is 29.1 Å². The minimum atomic E-state index is 0.0685. The third-order valence-corrected chi connectivity index (χ3v) is 4.68. The molecule has 23 heavy (non-hydrogen) atoms. The van der Waals surface area contributed by atoms with Crippen molar-refractivity contribution < 1.29 is 9.32 Å². The Hall–Kier alpha value is -2.10. The molecule has 4 nitrogen and oxygen atoms in total. The molecule has 1 saturated heterocycles. The number of piperidine rings is 1. The van der Waals surface area contributed by atoms with E-state index in [0.29, 0.717) is 22.9 Å². The Labute approximate surface area is 137 Å². The molecule has 1 aliphatic heterocycles. The van der Waals surface area contributed by atoms with Gasteiger partial charge in [-0.3, -0.25) is 4.79 Å². The zero-order chi connectivity index (χ0) is 16.4. The summed E-state index contributed by atoms with van der Waals surface area (Å²) in [5.41, 5.74) is 2.74. The topological polar surface area (TPSA) is 46.3 Å². The van der Waals surface area contributed by atoms with Crippen LogP contribution in [0.25, 0.3) is 0 Å². The zero-order valence-electron chi connectivity index (χ0n) is 14.1. The monoisotopic (exact) mass is 312 g/mol. The van der Waals surface area contributed by atoms with Gasteiger partial charge < -0.3 is 9.42 Å². The van der Waals surface area contributed by atoms with Crippen molar-refractivity contribution >= 4 is 5.91 Å². The van der Waals surface area contributed by atoms with Crippen LogP contribution >= 0.6 is 0 Å².